The zero-order valence-corrected chi connectivity index (χ0v) is 15.8. The molecule has 0 aliphatic heterocycles. The molecule has 0 aromatic carbocycles. The second-order valence-electron chi connectivity index (χ2n) is 6.80. The van der Waals surface area contributed by atoms with Gasteiger partial charge in [-0.05, 0) is 12.1 Å². The molecular formula is C18H17ClF2N6O2. The van der Waals surface area contributed by atoms with Crippen LogP contribution in [0.15, 0.2) is 29.3 Å². The quantitative estimate of drug-likeness (QED) is 0.613. The normalized spacial score (nSPS) is 19.3. The zero-order valence-electron chi connectivity index (χ0n) is 18.0. The van der Waals surface area contributed by atoms with Gasteiger partial charge in [0.05, 0.1) is 16.8 Å². The Morgan fingerprint density at radius 1 is 1.52 bits per heavy atom. The fourth-order valence-corrected chi connectivity index (χ4v) is 3.31. The van der Waals surface area contributed by atoms with Crippen LogP contribution in [0, 0.1) is 5.92 Å². The van der Waals surface area contributed by atoms with E-state index in [1.807, 2.05) is 5.32 Å². The fraction of sp³-hybridized carbons (Fsp3) is 0.333. The molecule has 3 heterocycles. The van der Waals surface area contributed by atoms with E-state index in [1.165, 1.54) is 21.5 Å². The average molecular weight is 426 g/mol. The summed E-state index contributed by atoms with van der Waals surface area (Å²) in [5.74, 6) is -4.57. The molecule has 2 N–H and O–H groups in total. The lowest BCUT2D eigenvalue weighted by Crippen LogP contribution is -2.22. The Hall–Kier alpha value is -3.01. The van der Waals surface area contributed by atoms with Crippen LogP contribution in [-0.4, -0.2) is 38.1 Å². The van der Waals surface area contributed by atoms with Gasteiger partial charge in [0.25, 0.3) is 17.4 Å². The number of anilines is 2. The lowest BCUT2D eigenvalue weighted by Gasteiger charge is -2.10. The van der Waals surface area contributed by atoms with Crippen LogP contribution in [0.4, 0.5) is 20.3 Å². The Labute approximate surface area is 172 Å². The Kier molecular flexibility index (Phi) is 3.72. The third kappa shape index (κ3) is 3.44. The van der Waals surface area contributed by atoms with Crippen LogP contribution in [0.25, 0.3) is 10.9 Å². The third-order valence-corrected chi connectivity index (χ3v) is 5.04. The van der Waals surface area contributed by atoms with Gasteiger partial charge in [-0.3, -0.25) is 14.3 Å². The number of halogens is 3. The van der Waals surface area contributed by atoms with Crippen molar-refractivity contribution in [3.8, 4) is 0 Å². The van der Waals surface area contributed by atoms with Gasteiger partial charge in [0, 0.05) is 49.4 Å². The smallest absolute Gasteiger partial charge is 0.263 e. The van der Waals surface area contributed by atoms with Crippen molar-refractivity contribution < 1.29 is 17.7 Å². The first-order valence-corrected chi connectivity index (χ1v) is 8.92. The fourth-order valence-electron chi connectivity index (χ4n) is 3.16. The molecule has 152 valence electrons. The number of aromatic nitrogens is 4. The summed E-state index contributed by atoms with van der Waals surface area (Å²) in [6.45, 7) is -2.87. The Balaban J connectivity index is 1.74. The van der Waals surface area contributed by atoms with Crippen LogP contribution in [0.5, 0.6) is 0 Å². The monoisotopic (exact) mass is 425 g/mol. The molecule has 29 heavy (non-hydrogen) atoms. The van der Waals surface area contributed by atoms with Gasteiger partial charge < -0.3 is 15.2 Å². The van der Waals surface area contributed by atoms with Crippen molar-refractivity contribution in [2.45, 2.75) is 18.9 Å². The minimum Gasteiger partial charge on any atom is -0.355 e. The van der Waals surface area contributed by atoms with Gasteiger partial charge in [-0.25, -0.2) is 13.8 Å². The molecule has 1 aliphatic rings. The number of hydrogen-bond donors (Lipinski definition) is 2. The molecule has 1 atom stereocenters. The number of aryl methyl sites for hydroxylation is 1. The topological polar surface area (TPSA) is 93.8 Å². The number of carbonyl (C=O) groups excluding carboxylic acids is 1. The lowest BCUT2D eigenvalue weighted by atomic mass is 10.2. The first kappa shape index (κ1) is 15.9. The number of amides is 1. The predicted octanol–water partition coefficient (Wildman–Crippen LogP) is 2.54. The molecule has 1 aliphatic carbocycles. The lowest BCUT2D eigenvalue weighted by molar-refractivity contribution is 0.0946. The molecule has 0 saturated heterocycles. The van der Waals surface area contributed by atoms with Crippen molar-refractivity contribution in [2.24, 2.45) is 13.0 Å². The Bertz CT molecular complexity index is 1290. The van der Waals surface area contributed by atoms with E-state index in [-0.39, 0.29) is 40.6 Å². The first-order valence-electron chi connectivity index (χ1n) is 10.0. The SMILES string of the molecule is [2H]C([2H])([2H])NC(=O)c1cnc(Cl)cc1Nc1nn(C)c2ccn(CC3CC3(F)F)c(=O)c12. The minimum absolute atomic E-state index is 0.00606. The van der Waals surface area contributed by atoms with Gasteiger partial charge in [-0.1, -0.05) is 11.6 Å². The number of rotatable bonds is 5. The molecule has 0 spiro atoms. The number of hydrogen-bond acceptors (Lipinski definition) is 5. The average Bonchev–Trinajstić information content (AvgIpc) is 3.13. The maximum absolute atomic E-state index is 13.3. The van der Waals surface area contributed by atoms with Crippen LogP contribution in [0.1, 0.15) is 20.9 Å². The van der Waals surface area contributed by atoms with Gasteiger partial charge in [-0.15, -0.1) is 0 Å². The Morgan fingerprint density at radius 2 is 2.28 bits per heavy atom. The number of nitrogens with one attached hydrogen (secondary N) is 2. The van der Waals surface area contributed by atoms with E-state index in [1.54, 1.807) is 13.1 Å². The maximum atomic E-state index is 13.3. The molecule has 1 saturated carbocycles. The van der Waals surface area contributed by atoms with Crippen molar-refractivity contribution in [3.63, 3.8) is 0 Å². The van der Waals surface area contributed by atoms with Crippen LogP contribution in [0.2, 0.25) is 5.15 Å². The number of pyridine rings is 2. The van der Waals surface area contributed by atoms with Crippen molar-refractivity contribution in [1.29, 1.82) is 0 Å². The van der Waals surface area contributed by atoms with E-state index in [2.05, 4.69) is 15.4 Å². The summed E-state index contributed by atoms with van der Waals surface area (Å²) in [4.78, 5) is 29.2. The van der Waals surface area contributed by atoms with Crippen molar-refractivity contribution in [3.05, 3.63) is 45.6 Å². The molecule has 1 unspecified atom stereocenters. The summed E-state index contributed by atoms with van der Waals surface area (Å²) in [5.41, 5.74) is -0.173. The van der Waals surface area contributed by atoms with Gasteiger partial charge in [0.1, 0.15) is 10.5 Å². The molecule has 0 bridgehead atoms. The first-order chi connectivity index (χ1) is 14.9. The molecule has 1 fully saturated rings. The predicted molar refractivity (Wildman–Crippen MR) is 104 cm³/mol. The molecule has 3 aromatic rings. The summed E-state index contributed by atoms with van der Waals surface area (Å²) in [7, 11) is 1.59. The van der Waals surface area contributed by atoms with E-state index in [4.69, 9.17) is 15.7 Å². The summed E-state index contributed by atoms with van der Waals surface area (Å²) in [5, 5.41) is 9.07. The Morgan fingerprint density at radius 3 is 2.97 bits per heavy atom. The van der Waals surface area contributed by atoms with E-state index in [0.29, 0.717) is 5.52 Å². The molecule has 4 rings (SSSR count). The molecule has 8 nitrogen and oxygen atoms in total. The van der Waals surface area contributed by atoms with Crippen LogP contribution in [0.3, 0.4) is 0 Å². The summed E-state index contributed by atoms with van der Waals surface area (Å²) >= 11 is 5.94. The van der Waals surface area contributed by atoms with E-state index in [9.17, 15) is 18.4 Å². The highest BCUT2D eigenvalue weighted by Gasteiger charge is 2.56. The maximum Gasteiger partial charge on any atom is 0.263 e. The minimum atomic E-state index is -2.77. The highest BCUT2D eigenvalue weighted by atomic mass is 35.5. The van der Waals surface area contributed by atoms with Crippen LogP contribution >= 0.6 is 11.6 Å². The summed E-state index contributed by atoms with van der Waals surface area (Å²) in [6.07, 6.45) is 2.25. The largest absolute Gasteiger partial charge is 0.355 e. The number of nitrogens with zero attached hydrogens (tertiary/aromatic N) is 4. The van der Waals surface area contributed by atoms with Crippen molar-refractivity contribution in [1.82, 2.24) is 24.6 Å². The van der Waals surface area contributed by atoms with Gasteiger partial charge in [0.2, 0.25) is 0 Å². The van der Waals surface area contributed by atoms with Crippen LogP contribution in [-0.2, 0) is 13.6 Å². The summed E-state index contributed by atoms with van der Waals surface area (Å²) in [6, 6.07) is 2.86. The second-order valence-corrected chi connectivity index (χ2v) is 7.19. The van der Waals surface area contributed by atoms with E-state index < -0.39 is 30.3 Å². The molecule has 11 heteroatoms. The molecule has 0 radical (unpaired) electrons. The van der Waals surface area contributed by atoms with Crippen molar-refractivity contribution >= 4 is 39.9 Å². The van der Waals surface area contributed by atoms with Crippen LogP contribution < -0.4 is 16.2 Å². The molecule has 1 amide bonds. The highest BCUT2D eigenvalue weighted by Crippen LogP contribution is 2.49. The highest BCUT2D eigenvalue weighted by molar-refractivity contribution is 6.29. The number of fused-ring (bicyclic) bond motifs is 1. The van der Waals surface area contributed by atoms with Gasteiger partial charge >= 0.3 is 0 Å². The summed E-state index contributed by atoms with van der Waals surface area (Å²) < 4.78 is 50.9. The molecular weight excluding hydrogens is 406 g/mol. The third-order valence-electron chi connectivity index (χ3n) is 4.83. The van der Waals surface area contributed by atoms with Gasteiger partial charge in [-0.2, -0.15) is 5.10 Å². The standard InChI is InChI=1S/C18H17ClF2N6O2/c1-22-16(28)10-7-23-13(19)5-11(10)24-15-14-12(26(2)25-15)3-4-27(17(14)29)8-9-6-18(9,20)21/h3-5,7,9H,6,8H2,1-2H3,(H,22,28)(H,23,24,25)/i1D3. The van der Waals surface area contributed by atoms with Crippen molar-refractivity contribution in [2.75, 3.05) is 12.3 Å². The molecule has 3 aromatic heterocycles. The number of alkyl halides is 2. The van der Waals surface area contributed by atoms with E-state index in [0.717, 1.165) is 6.20 Å². The zero-order chi connectivity index (χ0) is 23.4. The van der Waals surface area contributed by atoms with E-state index >= 15 is 0 Å². The second kappa shape index (κ2) is 6.80. The number of carbonyl (C=O) groups is 1. The van der Waals surface area contributed by atoms with Gasteiger partial charge in [0.15, 0.2) is 5.82 Å².